The second-order valence-electron chi connectivity index (χ2n) is 4.22. The minimum Gasteiger partial charge on any atom is -0.377 e. The summed E-state index contributed by atoms with van der Waals surface area (Å²) in [5.41, 5.74) is 0. The Morgan fingerprint density at radius 2 is 1.36 bits per heavy atom. The third-order valence-corrected chi connectivity index (χ3v) is 6.06. The van der Waals surface area contributed by atoms with Gasteiger partial charge in [-0.25, -0.2) is 0 Å². The monoisotopic (exact) mass is 237 g/mol. The highest BCUT2D eigenvalue weighted by Crippen LogP contribution is 2.11. The van der Waals surface area contributed by atoms with E-state index in [-0.39, 0.29) is 0 Å². The lowest BCUT2D eigenvalue weighted by Crippen LogP contribution is -2.49. The van der Waals surface area contributed by atoms with Crippen molar-refractivity contribution in [2.45, 2.75) is 25.7 Å². The van der Waals surface area contributed by atoms with Gasteiger partial charge in [-0.2, -0.15) is 0 Å². The van der Waals surface area contributed by atoms with Gasteiger partial charge in [-0.1, -0.05) is 19.6 Å². The molecule has 0 aromatic carbocycles. The third kappa shape index (κ3) is 5.23. The standard InChI is InChI=1S/C8H23NO3Si2/c1-10-14(11-2,12-3)8-7-9-13(4,5)6/h9H,7-8H2,1-6H3. The molecule has 0 spiro atoms. The first kappa shape index (κ1) is 14.3. The molecular formula is C8H23NO3Si2. The summed E-state index contributed by atoms with van der Waals surface area (Å²) in [5.74, 6) is 0. The molecule has 6 heteroatoms. The van der Waals surface area contributed by atoms with E-state index < -0.39 is 17.0 Å². The maximum atomic E-state index is 5.32. The van der Waals surface area contributed by atoms with Crippen molar-refractivity contribution in [3.8, 4) is 0 Å². The summed E-state index contributed by atoms with van der Waals surface area (Å²) in [6.07, 6.45) is 0. The summed E-state index contributed by atoms with van der Waals surface area (Å²) in [5, 5.41) is 0. The van der Waals surface area contributed by atoms with E-state index >= 15 is 0 Å². The first-order valence-corrected chi connectivity index (χ1v) is 10.2. The van der Waals surface area contributed by atoms with Crippen LogP contribution in [0, 0.1) is 0 Å². The lowest BCUT2D eigenvalue weighted by Gasteiger charge is -2.26. The maximum absolute atomic E-state index is 5.32. The molecule has 0 unspecified atom stereocenters. The van der Waals surface area contributed by atoms with Gasteiger partial charge in [-0.15, -0.1) is 0 Å². The summed E-state index contributed by atoms with van der Waals surface area (Å²) >= 11 is 0. The van der Waals surface area contributed by atoms with Crippen LogP contribution in [0.15, 0.2) is 0 Å². The van der Waals surface area contributed by atoms with Crippen LogP contribution in [0.25, 0.3) is 0 Å². The average molecular weight is 237 g/mol. The van der Waals surface area contributed by atoms with Crippen LogP contribution in [0.2, 0.25) is 25.7 Å². The van der Waals surface area contributed by atoms with Crippen LogP contribution in [0.1, 0.15) is 0 Å². The van der Waals surface area contributed by atoms with Crippen LogP contribution in [0.5, 0.6) is 0 Å². The molecule has 0 amide bonds. The molecule has 4 nitrogen and oxygen atoms in total. The second kappa shape index (κ2) is 5.99. The van der Waals surface area contributed by atoms with Crippen molar-refractivity contribution in [1.29, 1.82) is 0 Å². The van der Waals surface area contributed by atoms with Gasteiger partial charge in [-0.3, -0.25) is 0 Å². The second-order valence-corrected chi connectivity index (χ2v) is 12.2. The quantitative estimate of drug-likeness (QED) is 0.677. The molecule has 0 heterocycles. The molecule has 0 saturated carbocycles. The third-order valence-electron chi connectivity index (χ3n) is 2.02. The van der Waals surface area contributed by atoms with E-state index in [9.17, 15) is 0 Å². The number of hydrogen-bond donors (Lipinski definition) is 1. The van der Waals surface area contributed by atoms with Crippen LogP contribution in [0.4, 0.5) is 0 Å². The molecule has 0 aliphatic heterocycles. The minimum atomic E-state index is -2.36. The van der Waals surface area contributed by atoms with Crippen LogP contribution < -0.4 is 4.98 Å². The summed E-state index contributed by atoms with van der Waals surface area (Å²) < 4.78 is 16.0. The van der Waals surface area contributed by atoms with Gasteiger partial charge in [0.15, 0.2) is 0 Å². The smallest absolute Gasteiger partial charge is 0.377 e. The fraction of sp³-hybridized carbons (Fsp3) is 1.00. The van der Waals surface area contributed by atoms with Crippen molar-refractivity contribution in [2.75, 3.05) is 27.9 Å². The molecule has 0 bridgehead atoms. The number of nitrogens with one attached hydrogen (secondary N) is 1. The minimum absolute atomic E-state index is 0.820. The van der Waals surface area contributed by atoms with E-state index in [4.69, 9.17) is 13.3 Å². The molecule has 0 aromatic rings. The van der Waals surface area contributed by atoms with Gasteiger partial charge in [0.25, 0.3) is 0 Å². The Balaban J connectivity index is 3.95. The van der Waals surface area contributed by atoms with Gasteiger partial charge in [0, 0.05) is 27.4 Å². The van der Waals surface area contributed by atoms with Gasteiger partial charge in [0.2, 0.25) is 0 Å². The molecule has 86 valence electrons. The summed E-state index contributed by atoms with van der Waals surface area (Å²) in [6, 6.07) is 0.820. The summed E-state index contributed by atoms with van der Waals surface area (Å²) in [6.45, 7) is 7.70. The average Bonchev–Trinajstić information content (AvgIpc) is 2.11. The van der Waals surface area contributed by atoms with Crippen molar-refractivity contribution in [3.63, 3.8) is 0 Å². The van der Waals surface area contributed by atoms with E-state index in [1.54, 1.807) is 21.3 Å². The molecule has 0 aliphatic carbocycles. The van der Waals surface area contributed by atoms with Crippen molar-refractivity contribution >= 4 is 17.0 Å². The largest absolute Gasteiger partial charge is 0.501 e. The Morgan fingerprint density at radius 3 is 1.64 bits per heavy atom. The fourth-order valence-electron chi connectivity index (χ4n) is 1.15. The van der Waals surface area contributed by atoms with Gasteiger partial charge in [-0.05, 0) is 6.54 Å². The van der Waals surface area contributed by atoms with Gasteiger partial charge in [0.05, 0.1) is 0 Å². The van der Waals surface area contributed by atoms with Crippen molar-refractivity contribution in [2.24, 2.45) is 0 Å². The predicted molar refractivity (Wildman–Crippen MR) is 62.9 cm³/mol. The van der Waals surface area contributed by atoms with Gasteiger partial charge < -0.3 is 18.3 Å². The fourth-order valence-corrected chi connectivity index (χ4v) is 3.82. The molecule has 0 fully saturated rings. The molecule has 0 atom stereocenters. The highest BCUT2D eigenvalue weighted by Gasteiger charge is 2.37. The highest BCUT2D eigenvalue weighted by molar-refractivity contribution is 6.73. The number of hydrogen-bond acceptors (Lipinski definition) is 4. The van der Waals surface area contributed by atoms with E-state index in [0.717, 1.165) is 12.6 Å². The zero-order chi connectivity index (χ0) is 11.2. The van der Waals surface area contributed by atoms with E-state index in [0.29, 0.717) is 0 Å². The summed E-state index contributed by atoms with van der Waals surface area (Å²) in [7, 11) is 1.39. The Hall–Kier alpha value is 0.274. The normalized spacial score (nSPS) is 13.3. The molecular weight excluding hydrogens is 214 g/mol. The zero-order valence-electron chi connectivity index (χ0n) is 10.1. The maximum Gasteiger partial charge on any atom is 0.501 e. The topological polar surface area (TPSA) is 39.7 Å². The molecule has 1 N–H and O–H groups in total. The highest BCUT2D eigenvalue weighted by atomic mass is 28.4. The van der Waals surface area contributed by atoms with Crippen molar-refractivity contribution in [3.05, 3.63) is 0 Å². The van der Waals surface area contributed by atoms with E-state index in [1.807, 2.05) is 0 Å². The first-order valence-electron chi connectivity index (χ1n) is 4.79. The van der Waals surface area contributed by atoms with Gasteiger partial charge >= 0.3 is 8.80 Å². The molecule has 0 aromatic heterocycles. The molecule has 0 aliphatic rings. The van der Waals surface area contributed by atoms with Crippen LogP contribution in [0.3, 0.4) is 0 Å². The Kier molecular flexibility index (Phi) is 6.11. The lowest BCUT2D eigenvalue weighted by atomic mass is 10.8. The summed E-state index contributed by atoms with van der Waals surface area (Å²) in [4.78, 5) is 3.51. The number of rotatable bonds is 7. The van der Waals surface area contributed by atoms with Crippen molar-refractivity contribution in [1.82, 2.24) is 4.98 Å². The van der Waals surface area contributed by atoms with Crippen LogP contribution in [-0.4, -0.2) is 44.9 Å². The zero-order valence-corrected chi connectivity index (χ0v) is 12.1. The predicted octanol–water partition coefficient (Wildman–Crippen LogP) is 1.29. The van der Waals surface area contributed by atoms with Crippen LogP contribution in [-0.2, 0) is 13.3 Å². The molecule has 14 heavy (non-hydrogen) atoms. The first-order chi connectivity index (χ1) is 6.39. The van der Waals surface area contributed by atoms with E-state index in [2.05, 4.69) is 24.6 Å². The van der Waals surface area contributed by atoms with Crippen LogP contribution >= 0.6 is 0 Å². The SMILES string of the molecule is CO[Si](CCN[Si](C)(C)C)(OC)OC. The Morgan fingerprint density at radius 1 is 0.929 bits per heavy atom. The Bertz CT molecular complexity index is 149. The lowest BCUT2D eigenvalue weighted by molar-refractivity contribution is 0.124. The van der Waals surface area contributed by atoms with Crippen molar-refractivity contribution < 1.29 is 13.3 Å². The Labute approximate surface area is 89.4 Å². The molecule has 0 saturated heterocycles. The molecule has 0 rings (SSSR count). The van der Waals surface area contributed by atoms with Gasteiger partial charge in [0.1, 0.15) is 8.24 Å². The molecule has 0 radical (unpaired) electrons. The van der Waals surface area contributed by atoms with E-state index in [1.165, 1.54) is 0 Å².